The molecular weight excluding hydrogens is 308 g/mol. The first-order valence-corrected chi connectivity index (χ1v) is 7.96. The van der Waals surface area contributed by atoms with E-state index < -0.39 is 0 Å². The first kappa shape index (κ1) is 14.8. The number of hydrogen-bond acceptors (Lipinski definition) is 6. The van der Waals surface area contributed by atoms with Crippen LogP contribution in [0.2, 0.25) is 0 Å². The predicted molar refractivity (Wildman–Crippen MR) is 87.2 cm³/mol. The molecule has 124 valence electrons. The number of Topliss-reactive ketones (excluding diaryl/α,β-unsaturated/α-hetero) is 1. The Balaban J connectivity index is 1.94. The molecular formula is C18H18N2O4. The number of rotatable bonds is 2. The van der Waals surface area contributed by atoms with Crippen molar-refractivity contribution in [2.24, 2.45) is 0 Å². The molecule has 24 heavy (non-hydrogen) atoms. The van der Waals surface area contributed by atoms with Gasteiger partial charge in [-0.2, -0.15) is 0 Å². The number of aromatic nitrogens is 1. The number of ether oxygens (including phenoxy) is 1. The fraction of sp³-hybridized carbons (Fsp3) is 0.333. The number of ketones is 1. The summed E-state index contributed by atoms with van der Waals surface area (Å²) in [5.74, 6) is 0.934. The SMILES string of the molecule is COc1cc(C2C3=C(CCCC3=O)Nc3onc(C)c32)ccc1O. The van der Waals surface area contributed by atoms with Gasteiger partial charge in [0.05, 0.1) is 18.4 Å². The molecule has 0 saturated carbocycles. The molecule has 2 aliphatic rings. The Morgan fingerprint density at radius 2 is 2.21 bits per heavy atom. The third kappa shape index (κ3) is 2.10. The van der Waals surface area contributed by atoms with Crippen molar-refractivity contribution in [3.05, 3.63) is 46.3 Å². The van der Waals surface area contributed by atoms with E-state index in [1.807, 2.05) is 13.0 Å². The number of allylic oxidation sites excluding steroid dienone is 2. The molecule has 0 saturated heterocycles. The summed E-state index contributed by atoms with van der Waals surface area (Å²) >= 11 is 0. The van der Waals surface area contributed by atoms with Crippen molar-refractivity contribution in [3.63, 3.8) is 0 Å². The fourth-order valence-electron chi connectivity index (χ4n) is 3.62. The third-order valence-corrected chi connectivity index (χ3v) is 4.74. The molecule has 2 heterocycles. The molecule has 1 aliphatic carbocycles. The standard InChI is InChI=1S/C18H18N2O4/c1-9-15-16(10-6-7-12(21)14(8-10)23-2)17-11(4-3-5-13(17)22)19-18(15)24-20-9/h6-8,16,19,21H,3-5H2,1-2H3. The van der Waals surface area contributed by atoms with E-state index in [0.717, 1.165) is 40.9 Å². The van der Waals surface area contributed by atoms with Crippen LogP contribution in [0.15, 0.2) is 34.0 Å². The van der Waals surface area contributed by atoms with Gasteiger partial charge in [0.1, 0.15) is 0 Å². The van der Waals surface area contributed by atoms with Crippen LogP contribution < -0.4 is 10.1 Å². The highest BCUT2D eigenvalue weighted by atomic mass is 16.5. The van der Waals surface area contributed by atoms with E-state index in [9.17, 15) is 9.90 Å². The van der Waals surface area contributed by atoms with Gasteiger partial charge in [0.15, 0.2) is 17.3 Å². The maximum atomic E-state index is 12.6. The van der Waals surface area contributed by atoms with Crippen LogP contribution in [0.25, 0.3) is 0 Å². The van der Waals surface area contributed by atoms with Gasteiger partial charge < -0.3 is 19.7 Å². The third-order valence-electron chi connectivity index (χ3n) is 4.74. The van der Waals surface area contributed by atoms with Crippen LogP contribution in [0.5, 0.6) is 11.5 Å². The molecule has 2 N–H and O–H groups in total. The van der Waals surface area contributed by atoms with E-state index in [4.69, 9.17) is 9.26 Å². The predicted octanol–water partition coefficient (Wildman–Crippen LogP) is 3.26. The van der Waals surface area contributed by atoms with Crippen molar-refractivity contribution in [3.8, 4) is 11.5 Å². The van der Waals surface area contributed by atoms with Gasteiger partial charge in [0.25, 0.3) is 0 Å². The number of nitrogens with zero attached hydrogens (tertiary/aromatic N) is 1. The summed E-state index contributed by atoms with van der Waals surface area (Å²) in [6, 6.07) is 5.18. The second-order valence-electron chi connectivity index (χ2n) is 6.17. The summed E-state index contributed by atoms with van der Waals surface area (Å²) in [7, 11) is 1.51. The van der Waals surface area contributed by atoms with E-state index in [2.05, 4.69) is 10.5 Å². The lowest BCUT2D eigenvalue weighted by molar-refractivity contribution is -0.116. The summed E-state index contributed by atoms with van der Waals surface area (Å²) in [6.45, 7) is 1.87. The van der Waals surface area contributed by atoms with Crippen molar-refractivity contribution < 1.29 is 19.2 Å². The van der Waals surface area contributed by atoms with Crippen molar-refractivity contribution in [2.45, 2.75) is 32.1 Å². The number of aromatic hydroxyl groups is 1. The van der Waals surface area contributed by atoms with Gasteiger partial charge in [-0.25, -0.2) is 0 Å². The number of methoxy groups -OCH3 is 1. The van der Waals surface area contributed by atoms with Gasteiger partial charge in [-0.3, -0.25) is 4.79 Å². The Kier molecular flexibility index (Phi) is 3.33. The zero-order chi connectivity index (χ0) is 16.8. The zero-order valence-electron chi connectivity index (χ0n) is 13.5. The first-order valence-electron chi connectivity index (χ1n) is 7.96. The minimum atomic E-state index is -0.259. The van der Waals surface area contributed by atoms with Crippen LogP contribution in [-0.4, -0.2) is 23.2 Å². The molecule has 1 aliphatic heterocycles. The summed E-state index contributed by atoms with van der Waals surface area (Å²) in [5.41, 5.74) is 4.18. The Labute approximate surface area is 139 Å². The molecule has 1 aromatic carbocycles. The second-order valence-corrected chi connectivity index (χ2v) is 6.17. The van der Waals surface area contributed by atoms with Crippen molar-refractivity contribution in [1.29, 1.82) is 0 Å². The number of hydrogen-bond donors (Lipinski definition) is 2. The smallest absolute Gasteiger partial charge is 0.233 e. The molecule has 1 unspecified atom stereocenters. The highest BCUT2D eigenvalue weighted by Gasteiger charge is 2.38. The Morgan fingerprint density at radius 1 is 1.38 bits per heavy atom. The van der Waals surface area contributed by atoms with Crippen LogP contribution in [0, 0.1) is 6.92 Å². The summed E-state index contributed by atoms with van der Waals surface area (Å²) in [5, 5.41) is 17.2. The Morgan fingerprint density at radius 3 is 3.00 bits per heavy atom. The number of phenols is 1. The minimum Gasteiger partial charge on any atom is -0.504 e. The quantitative estimate of drug-likeness (QED) is 0.881. The number of carbonyl (C=O) groups excluding carboxylic acids is 1. The molecule has 0 amide bonds. The number of nitrogens with one attached hydrogen (secondary N) is 1. The van der Waals surface area contributed by atoms with Gasteiger partial charge in [0, 0.05) is 23.6 Å². The van der Waals surface area contributed by atoms with E-state index in [-0.39, 0.29) is 17.5 Å². The van der Waals surface area contributed by atoms with E-state index in [0.29, 0.717) is 18.1 Å². The van der Waals surface area contributed by atoms with Gasteiger partial charge in [-0.15, -0.1) is 0 Å². The number of benzene rings is 1. The maximum Gasteiger partial charge on any atom is 0.233 e. The zero-order valence-corrected chi connectivity index (χ0v) is 13.5. The average Bonchev–Trinajstić information content (AvgIpc) is 2.95. The largest absolute Gasteiger partial charge is 0.504 e. The second kappa shape index (κ2) is 5.40. The lowest BCUT2D eigenvalue weighted by Crippen LogP contribution is -2.26. The lowest BCUT2D eigenvalue weighted by atomic mass is 9.76. The van der Waals surface area contributed by atoms with E-state index in [1.54, 1.807) is 12.1 Å². The molecule has 0 spiro atoms. The normalized spacial score (nSPS) is 19.6. The molecule has 0 fully saturated rings. The molecule has 1 atom stereocenters. The number of phenolic OH excluding ortho intramolecular Hbond substituents is 1. The Hall–Kier alpha value is -2.76. The highest BCUT2D eigenvalue weighted by molar-refractivity contribution is 6.01. The summed E-state index contributed by atoms with van der Waals surface area (Å²) < 4.78 is 10.6. The molecule has 0 bridgehead atoms. The van der Waals surface area contributed by atoms with Gasteiger partial charge >= 0.3 is 0 Å². The monoisotopic (exact) mass is 326 g/mol. The molecule has 1 aromatic heterocycles. The number of anilines is 1. The highest BCUT2D eigenvalue weighted by Crippen LogP contribution is 2.47. The molecule has 2 aromatic rings. The molecule has 0 radical (unpaired) electrons. The number of carbonyl (C=O) groups is 1. The molecule has 4 rings (SSSR count). The van der Waals surface area contributed by atoms with Gasteiger partial charge in [-0.1, -0.05) is 11.2 Å². The fourth-order valence-corrected chi connectivity index (χ4v) is 3.62. The number of aryl methyl sites for hydroxylation is 1. The van der Waals surface area contributed by atoms with Crippen LogP contribution in [-0.2, 0) is 4.79 Å². The topological polar surface area (TPSA) is 84.6 Å². The van der Waals surface area contributed by atoms with Crippen LogP contribution >= 0.6 is 0 Å². The lowest BCUT2D eigenvalue weighted by Gasteiger charge is -2.31. The number of fused-ring (bicyclic) bond motifs is 1. The summed E-state index contributed by atoms with van der Waals surface area (Å²) in [6.07, 6.45) is 2.19. The summed E-state index contributed by atoms with van der Waals surface area (Å²) in [4.78, 5) is 12.6. The van der Waals surface area contributed by atoms with E-state index in [1.165, 1.54) is 7.11 Å². The van der Waals surface area contributed by atoms with Gasteiger partial charge in [-0.05, 0) is 37.5 Å². The van der Waals surface area contributed by atoms with Crippen molar-refractivity contribution in [2.75, 3.05) is 12.4 Å². The molecule has 6 heteroatoms. The van der Waals surface area contributed by atoms with Crippen molar-refractivity contribution >= 4 is 11.7 Å². The first-order chi connectivity index (χ1) is 11.6. The van der Waals surface area contributed by atoms with Crippen molar-refractivity contribution in [1.82, 2.24) is 5.16 Å². The Bertz CT molecular complexity index is 866. The van der Waals surface area contributed by atoms with Crippen LogP contribution in [0.3, 0.4) is 0 Å². The van der Waals surface area contributed by atoms with Crippen LogP contribution in [0.1, 0.15) is 42.0 Å². The minimum absolute atomic E-state index is 0.0709. The molecule has 6 nitrogen and oxygen atoms in total. The van der Waals surface area contributed by atoms with Crippen LogP contribution in [0.4, 0.5) is 5.88 Å². The van der Waals surface area contributed by atoms with E-state index >= 15 is 0 Å². The van der Waals surface area contributed by atoms with Gasteiger partial charge in [0.2, 0.25) is 5.88 Å². The maximum absolute atomic E-state index is 12.6. The average molecular weight is 326 g/mol.